The summed E-state index contributed by atoms with van der Waals surface area (Å²) in [6, 6.07) is 6.97. The van der Waals surface area contributed by atoms with E-state index in [1.807, 2.05) is 0 Å². The van der Waals surface area contributed by atoms with Gasteiger partial charge in [-0.1, -0.05) is 68.9 Å². The number of phosphoric acid groups is 1. The average molecular weight is 568 g/mol. The van der Waals surface area contributed by atoms with Crippen molar-refractivity contribution in [2.75, 3.05) is 13.2 Å². The van der Waals surface area contributed by atoms with E-state index in [-0.39, 0.29) is 12.2 Å². The monoisotopic (exact) mass is 567 g/mol. The summed E-state index contributed by atoms with van der Waals surface area (Å²) in [5.41, 5.74) is -0.448. The first-order valence-electron chi connectivity index (χ1n) is 13.9. The van der Waals surface area contributed by atoms with E-state index in [1.165, 1.54) is 0 Å². The molecular formula is C28H42NO9P. The summed E-state index contributed by atoms with van der Waals surface area (Å²) in [5.74, 6) is -1.35. The molecule has 0 aliphatic heterocycles. The van der Waals surface area contributed by atoms with Gasteiger partial charge in [-0.15, -0.1) is 0 Å². The molecule has 0 saturated heterocycles. The van der Waals surface area contributed by atoms with Crippen LogP contribution >= 0.6 is 7.82 Å². The van der Waals surface area contributed by atoms with Crippen molar-refractivity contribution in [2.24, 2.45) is 0 Å². The second-order valence-corrected chi connectivity index (χ2v) is 12.6. The molecule has 1 unspecified atom stereocenters. The maximum atomic E-state index is 13.8. The molecule has 39 heavy (non-hydrogen) atoms. The van der Waals surface area contributed by atoms with Crippen LogP contribution in [0.15, 0.2) is 30.3 Å². The van der Waals surface area contributed by atoms with Gasteiger partial charge in [0.1, 0.15) is 5.60 Å². The van der Waals surface area contributed by atoms with Gasteiger partial charge in [-0.2, -0.15) is 0 Å². The molecule has 218 valence electrons. The van der Waals surface area contributed by atoms with E-state index in [0.717, 1.165) is 64.2 Å². The molecule has 2 aliphatic carbocycles. The van der Waals surface area contributed by atoms with Gasteiger partial charge in [0.15, 0.2) is 18.4 Å². The highest BCUT2D eigenvalue weighted by atomic mass is 31.2. The highest BCUT2D eigenvalue weighted by Crippen LogP contribution is 2.54. The molecule has 1 amide bonds. The van der Waals surface area contributed by atoms with E-state index in [4.69, 9.17) is 23.0 Å². The highest BCUT2D eigenvalue weighted by molar-refractivity contribution is 7.48. The van der Waals surface area contributed by atoms with Crippen LogP contribution in [0, 0.1) is 0 Å². The zero-order valence-electron chi connectivity index (χ0n) is 23.2. The SMILES string of the molecule is CC(C)(C)OC(=O)NC(COP(=O)(OC1CCCCC1)OC1CCCCC1)C(=O)OCC(=O)c1ccccc1. The second-order valence-electron chi connectivity index (χ2n) is 11.1. The third-order valence-corrected chi connectivity index (χ3v) is 8.05. The van der Waals surface area contributed by atoms with E-state index in [1.54, 1.807) is 51.1 Å². The Morgan fingerprint density at radius 3 is 1.95 bits per heavy atom. The average Bonchev–Trinajstić information content (AvgIpc) is 2.90. The largest absolute Gasteiger partial charge is 0.475 e. The Labute approximate surface area is 231 Å². The molecule has 1 atom stereocenters. The van der Waals surface area contributed by atoms with Gasteiger partial charge in [-0.25, -0.2) is 14.2 Å². The summed E-state index contributed by atoms with van der Waals surface area (Å²) < 4.78 is 41.8. The number of phosphoric ester groups is 1. The molecule has 1 N–H and O–H groups in total. The van der Waals surface area contributed by atoms with Gasteiger partial charge in [0.2, 0.25) is 0 Å². The maximum absolute atomic E-state index is 13.8. The van der Waals surface area contributed by atoms with Gasteiger partial charge in [0, 0.05) is 5.56 Å². The predicted molar refractivity (Wildman–Crippen MR) is 144 cm³/mol. The minimum atomic E-state index is -4.09. The Balaban J connectivity index is 1.69. The summed E-state index contributed by atoms with van der Waals surface area (Å²) in [6.45, 7) is 3.95. The normalized spacial score (nSPS) is 18.2. The molecule has 1 aromatic carbocycles. The smallest absolute Gasteiger partial charge is 0.456 e. The van der Waals surface area contributed by atoms with Gasteiger partial charge in [-0.05, 0) is 46.5 Å². The Hall–Kier alpha value is -2.26. The van der Waals surface area contributed by atoms with Crippen molar-refractivity contribution in [3.05, 3.63) is 35.9 Å². The summed E-state index contributed by atoms with van der Waals surface area (Å²) in [4.78, 5) is 37.9. The molecule has 0 bridgehead atoms. The second kappa shape index (κ2) is 14.9. The van der Waals surface area contributed by atoms with Crippen LogP contribution in [0.25, 0.3) is 0 Å². The molecule has 2 aliphatic rings. The van der Waals surface area contributed by atoms with E-state index < -0.39 is 50.5 Å². The van der Waals surface area contributed by atoms with Gasteiger partial charge in [0.05, 0.1) is 18.8 Å². The molecular weight excluding hydrogens is 525 g/mol. The number of alkyl carbamates (subject to hydrolysis) is 1. The molecule has 0 heterocycles. The minimum Gasteiger partial charge on any atom is -0.456 e. The van der Waals surface area contributed by atoms with E-state index in [9.17, 15) is 18.9 Å². The third kappa shape index (κ3) is 11.4. The number of Topliss-reactive ketones (excluding diaryl/α,β-unsaturated/α-hetero) is 1. The molecule has 11 heteroatoms. The van der Waals surface area contributed by atoms with Crippen molar-refractivity contribution in [3.8, 4) is 0 Å². The number of hydrogen-bond donors (Lipinski definition) is 1. The van der Waals surface area contributed by atoms with Gasteiger partial charge in [0.25, 0.3) is 0 Å². The fraction of sp³-hybridized carbons (Fsp3) is 0.679. The number of hydrogen-bond acceptors (Lipinski definition) is 9. The van der Waals surface area contributed by atoms with Gasteiger partial charge in [-0.3, -0.25) is 18.4 Å². The van der Waals surface area contributed by atoms with Crippen LogP contribution in [0.4, 0.5) is 4.79 Å². The standard InChI is InChI=1S/C28H42NO9P/c1-28(2,3)36-27(32)29-24(26(31)34-20-25(30)21-13-7-4-8-14-21)19-35-39(33,37-22-15-9-5-10-16-22)38-23-17-11-6-12-18-23/h4,7-8,13-14,22-24H,5-6,9-12,15-20H2,1-3H3,(H,29,32). The maximum Gasteiger partial charge on any atom is 0.475 e. The highest BCUT2D eigenvalue weighted by Gasteiger charge is 2.38. The first-order valence-corrected chi connectivity index (χ1v) is 15.3. The van der Waals surface area contributed by atoms with Crippen LogP contribution in [0.2, 0.25) is 0 Å². The third-order valence-electron chi connectivity index (χ3n) is 6.48. The fourth-order valence-corrected chi connectivity index (χ4v) is 6.18. The Kier molecular flexibility index (Phi) is 12.0. The van der Waals surface area contributed by atoms with Crippen molar-refractivity contribution in [2.45, 2.75) is 109 Å². The molecule has 10 nitrogen and oxygen atoms in total. The number of ether oxygens (including phenoxy) is 2. The molecule has 0 aromatic heterocycles. The number of ketones is 1. The summed E-state index contributed by atoms with van der Waals surface area (Å²) in [5, 5.41) is 2.41. The topological polar surface area (TPSA) is 126 Å². The van der Waals surface area contributed by atoms with Crippen LogP contribution in [-0.2, 0) is 32.4 Å². The molecule has 2 saturated carbocycles. The van der Waals surface area contributed by atoms with Gasteiger partial charge < -0.3 is 14.8 Å². The molecule has 3 rings (SSSR count). The summed E-state index contributed by atoms with van der Waals surface area (Å²) in [6.07, 6.45) is 7.52. The minimum absolute atomic E-state index is 0.277. The zero-order chi connectivity index (χ0) is 28.3. The number of benzene rings is 1. The first-order chi connectivity index (χ1) is 18.5. The number of carbonyl (C=O) groups excluding carboxylic acids is 3. The number of carbonyl (C=O) groups is 3. The first kappa shape index (κ1) is 31.3. The fourth-order valence-electron chi connectivity index (χ4n) is 4.52. The molecule has 2 fully saturated rings. The number of nitrogens with one attached hydrogen (secondary N) is 1. The Bertz CT molecular complexity index is 958. The van der Waals surface area contributed by atoms with E-state index in [2.05, 4.69) is 5.32 Å². The molecule has 1 aromatic rings. The predicted octanol–water partition coefficient (Wildman–Crippen LogP) is 6.13. The molecule has 0 radical (unpaired) electrons. The van der Waals surface area contributed by atoms with Crippen LogP contribution in [0.3, 0.4) is 0 Å². The molecule has 0 spiro atoms. The Morgan fingerprint density at radius 2 is 1.44 bits per heavy atom. The Morgan fingerprint density at radius 1 is 0.897 bits per heavy atom. The van der Waals surface area contributed by atoms with Crippen molar-refractivity contribution < 1.29 is 42.0 Å². The van der Waals surface area contributed by atoms with Crippen molar-refractivity contribution >= 4 is 25.7 Å². The van der Waals surface area contributed by atoms with E-state index in [0.29, 0.717) is 5.56 Å². The van der Waals surface area contributed by atoms with Crippen molar-refractivity contribution in [3.63, 3.8) is 0 Å². The van der Waals surface area contributed by atoms with Crippen LogP contribution in [0.5, 0.6) is 0 Å². The summed E-state index contributed by atoms with van der Waals surface area (Å²) >= 11 is 0. The van der Waals surface area contributed by atoms with Crippen LogP contribution < -0.4 is 5.32 Å². The van der Waals surface area contributed by atoms with Crippen LogP contribution in [-0.4, -0.2) is 54.9 Å². The number of amides is 1. The zero-order valence-corrected chi connectivity index (χ0v) is 24.1. The number of rotatable bonds is 12. The lowest BCUT2D eigenvalue weighted by Gasteiger charge is -2.31. The lowest BCUT2D eigenvalue weighted by Crippen LogP contribution is -2.47. The van der Waals surface area contributed by atoms with Crippen LogP contribution in [0.1, 0.15) is 95.3 Å². The lowest BCUT2D eigenvalue weighted by atomic mass is 9.98. The van der Waals surface area contributed by atoms with Gasteiger partial charge >= 0.3 is 19.9 Å². The van der Waals surface area contributed by atoms with Crippen molar-refractivity contribution in [1.82, 2.24) is 5.32 Å². The quantitative estimate of drug-likeness (QED) is 0.180. The van der Waals surface area contributed by atoms with E-state index >= 15 is 0 Å². The van der Waals surface area contributed by atoms with Crippen molar-refractivity contribution in [1.29, 1.82) is 0 Å². The lowest BCUT2D eigenvalue weighted by molar-refractivity contribution is -0.146. The number of esters is 1. The summed E-state index contributed by atoms with van der Waals surface area (Å²) in [7, 11) is -4.09.